The molecule has 19 heavy (non-hydrogen) atoms. The van der Waals surface area contributed by atoms with E-state index in [2.05, 4.69) is 15.9 Å². The summed E-state index contributed by atoms with van der Waals surface area (Å²) in [4.78, 5) is 0. The quantitative estimate of drug-likeness (QED) is 0.886. The van der Waals surface area contributed by atoms with Gasteiger partial charge in [-0.2, -0.15) is 0 Å². The lowest BCUT2D eigenvalue weighted by molar-refractivity contribution is 0.340. The Morgan fingerprint density at radius 1 is 1.21 bits per heavy atom. The van der Waals surface area contributed by atoms with Crippen LogP contribution >= 0.6 is 27.5 Å². The van der Waals surface area contributed by atoms with Gasteiger partial charge in [-0.1, -0.05) is 45.7 Å². The van der Waals surface area contributed by atoms with Crippen LogP contribution in [0.2, 0.25) is 5.02 Å². The SMILES string of the molecule is CCOc1ccc(C(N)c2ccc(Cl)cc2)c(Br)c1. The van der Waals surface area contributed by atoms with Crippen LogP contribution in [0.25, 0.3) is 0 Å². The maximum absolute atomic E-state index is 6.28. The van der Waals surface area contributed by atoms with Gasteiger partial charge in [0, 0.05) is 9.50 Å². The third kappa shape index (κ3) is 3.50. The molecule has 0 radical (unpaired) electrons. The standard InChI is InChI=1S/C15H15BrClNO/c1-2-19-12-7-8-13(14(16)9-12)15(18)10-3-5-11(17)6-4-10/h3-9,15H,2,18H2,1H3. The first-order chi connectivity index (χ1) is 9.11. The topological polar surface area (TPSA) is 35.2 Å². The van der Waals surface area contributed by atoms with Gasteiger partial charge in [-0.15, -0.1) is 0 Å². The highest BCUT2D eigenvalue weighted by atomic mass is 79.9. The van der Waals surface area contributed by atoms with Crippen molar-refractivity contribution in [3.63, 3.8) is 0 Å². The highest BCUT2D eigenvalue weighted by Gasteiger charge is 2.12. The van der Waals surface area contributed by atoms with Crippen LogP contribution in [0.1, 0.15) is 24.1 Å². The summed E-state index contributed by atoms with van der Waals surface area (Å²) in [6.07, 6.45) is 0. The summed E-state index contributed by atoms with van der Waals surface area (Å²) in [5, 5.41) is 0.710. The van der Waals surface area contributed by atoms with Gasteiger partial charge in [-0.05, 0) is 42.3 Å². The predicted octanol–water partition coefficient (Wildman–Crippen LogP) is 4.55. The van der Waals surface area contributed by atoms with E-state index in [-0.39, 0.29) is 6.04 Å². The molecule has 0 spiro atoms. The summed E-state index contributed by atoms with van der Waals surface area (Å²) in [5.74, 6) is 0.835. The van der Waals surface area contributed by atoms with Crippen molar-refractivity contribution in [1.82, 2.24) is 0 Å². The van der Waals surface area contributed by atoms with Crippen molar-refractivity contribution in [3.05, 3.63) is 63.1 Å². The lowest BCUT2D eigenvalue weighted by Crippen LogP contribution is -2.12. The lowest BCUT2D eigenvalue weighted by Gasteiger charge is -2.15. The highest BCUT2D eigenvalue weighted by molar-refractivity contribution is 9.10. The fraction of sp³-hybridized carbons (Fsp3) is 0.200. The largest absolute Gasteiger partial charge is 0.494 e. The van der Waals surface area contributed by atoms with Crippen molar-refractivity contribution in [2.24, 2.45) is 5.73 Å². The minimum atomic E-state index is -0.192. The second-order valence-electron chi connectivity index (χ2n) is 4.15. The summed E-state index contributed by atoms with van der Waals surface area (Å²) in [7, 11) is 0. The second kappa shape index (κ2) is 6.42. The molecule has 0 fully saturated rings. The number of halogens is 2. The van der Waals surface area contributed by atoms with Crippen molar-refractivity contribution in [3.8, 4) is 5.75 Å². The molecule has 2 aromatic carbocycles. The normalized spacial score (nSPS) is 12.2. The van der Waals surface area contributed by atoms with Crippen LogP contribution in [-0.4, -0.2) is 6.61 Å². The van der Waals surface area contributed by atoms with Crippen LogP contribution in [0.15, 0.2) is 46.9 Å². The van der Waals surface area contributed by atoms with E-state index < -0.39 is 0 Å². The molecule has 0 saturated carbocycles. The molecule has 0 saturated heterocycles. The van der Waals surface area contributed by atoms with Gasteiger partial charge in [0.15, 0.2) is 0 Å². The monoisotopic (exact) mass is 339 g/mol. The molecular formula is C15H15BrClNO. The van der Waals surface area contributed by atoms with Gasteiger partial charge in [-0.3, -0.25) is 0 Å². The summed E-state index contributed by atoms with van der Waals surface area (Å²) < 4.78 is 6.40. The zero-order valence-corrected chi connectivity index (χ0v) is 12.9. The average molecular weight is 341 g/mol. The van der Waals surface area contributed by atoms with Crippen LogP contribution in [0.4, 0.5) is 0 Å². The van der Waals surface area contributed by atoms with Gasteiger partial charge >= 0.3 is 0 Å². The molecule has 1 atom stereocenters. The van der Waals surface area contributed by atoms with Crippen molar-refractivity contribution < 1.29 is 4.74 Å². The molecule has 0 heterocycles. The van der Waals surface area contributed by atoms with Crippen LogP contribution in [0, 0.1) is 0 Å². The van der Waals surface area contributed by atoms with Gasteiger partial charge in [0.1, 0.15) is 5.75 Å². The number of rotatable bonds is 4. The highest BCUT2D eigenvalue weighted by Crippen LogP contribution is 2.30. The van der Waals surface area contributed by atoms with Crippen LogP contribution in [0.3, 0.4) is 0 Å². The Morgan fingerprint density at radius 2 is 1.89 bits per heavy atom. The van der Waals surface area contributed by atoms with Gasteiger partial charge < -0.3 is 10.5 Å². The first kappa shape index (κ1) is 14.4. The van der Waals surface area contributed by atoms with E-state index in [0.29, 0.717) is 11.6 Å². The molecule has 0 aliphatic heterocycles. The molecule has 1 unspecified atom stereocenters. The minimum absolute atomic E-state index is 0.192. The maximum Gasteiger partial charge on any atom is 0.120 e. The molecule has 100 valence electrons. The summed E-state index contributed by atoms with van der Waals surface area (Å²) in [5.41, 5.74) is 8.32. The first-order valence-corrected chi connectivity index (χ1v) is 7.22. The van der Waals surface area contributed by atoms with Crippen molar-refractivity contribution >= 4 is 27.5 Å². The molecule has 4 heteroatoms. The molecule has 0 aliphatic rings. The third-order valence-electron chi connectivity index (χ3n) is 2.85. The Balaban J connectivity index is 2.28. The maximum atomic E-state index is 6.28. The van der Waals surface area contributed by atoms with Crippen molar-refractivity contribution in [2.75, 3.05) is 6.61 Å². The Morgan fingerprint density at radius 3 is 2.47 bits per heavy atom. The van der Waals surface area contributed by atoms with Crippen molar-refractivity contribution in [1.29, 1.82) is 0 Å². The molecule has 2 nitrogen and oxygen atoms in total. The second-order valence-corrected chi connectivity index (χ2v) is 5.44. The first-order valence-electron chi connectivity index (χ1n) is 6.05. The zero-order chi connectivity index (χ0) is 13.8. The molecule has 0 aromatic heterocycles. The molecule has 0 amide bonds. The number of benzene rings is 2. The average Bonchev–Trinajstić information content (AvgIpc) is 2.39. The number of hydrogen-bond acceptors (Lipinski definition) is 2. The fourth-order valence-corrected chi connectivity index (χ4v) is 2.60. The zero-order valence-electron chi connectivity index (χ0n) is 10.6. The third-order valence-corrected chi connectivity index (χ3v) is 3.79. The van der Waals surface area contributed by atoms with Crippen LogP contribution in [-0.2, 0) is 0 Å². The Labute approximate surface area is 126 Å². The van der Waals surface area contributed by atoms with Crippen LogP contribution < -0.4 is 10.5 Å². The van der Waals surface area contributed by atoms with Gasteiger partial charge in [0.05, 0.1) is 12.6 Å². The fourth-order valence-electron chi connectivity index (χ4n) is 1.87. The predicted molar refractivity (Wildman–Crippen MR) is 82.8 cm³/mol. The molecule has 0 aliphatic carbocycles. The minimum Gasteiger partial charge on any atom is -0.494 e. The Kier molecular flexibility index (Phi) is 4.86. The molecule has 2 rings (SSSR count). The number of hydrogen-bond donors (Lipinski definition) is 1. The van der Waals surface area contributed by atoms with Crippen LogP contribution in [0.5, 0.6) is 5.75 Å². The van der Waals surface area contributed by atoms with E-state index in [1.165, 1.54) is 0 Å². The number of nitrogens with two attached hydrogens (primary N) is 1. The van der Waals surface area contributed by atoms with E-state index in [1.807, 2.05) is 49.4 Å². The Hall–Kier alpha value is -1.03. The van der Waals surface area contributed by atoms with E-state index in [1.54, 1.807) is 0 Å². The molecule has 0 bridgehead atoms. The number of ether oxygens (including phenoxy) is 1. The summed E-state index contributed by atoms with van der Waals surface area (Å²) in [6.45, 7) is 2.61. The smallest absolute Gasteiger partial charge is 0.120 e. The van der Waals surface area contributed by atoms with E-state index in [4.69, 9.17) is 22.1 Å². The lowest BCUT2D eigenvalue weighted by atomic mass is 10.00. The van der Waals surface area contributed by atoms with Crippen molar-refractivity contribution in [2.45, 2.75) is 13.0 Å². The molecule has 2 N–H and O–H groups in total. The van der Waals surface area contributed by atoms with Gasteiger partial charge in [0.25, 0.3) is 0 Å². The summed E-state index contributed by atoms with van der Waals surface area (Å²) >= 11 is 9.43. The van der Waals surface area contributed by atoms with E-state index in [0.717, 1.165) is 21.3 Å². The van der Waals surface area contributed by atoms with Gasteiger partial charge in [-0.25, -0.2) is 0 Å². The Bertz CT molecular complexity index is 557. The molecular weight excluding hydrogens is 326 g/mol. The van der Waals surface area contributed by atoms with E-state index >= 15 is 0 Å². The summed E-state index contributed by atoms with van der Waals surface area (Å²) in [6, 6.07) is 13.2. The van der Waals surface area contributed by atoms with Gasteiger partial charge in [0.2, 0.25) is 0 Å². The van der Waals surface area contributed by atoms with E-state index in [9.17, 15) is 0 Å². The molecule has 2 aromatic rings.